The predicted octanol–water partition coefficient (Wildman–Crippen LogP) is 9.79. The zero-order valence-corrected chi connectivity index (χ0v) is 23.3. The molecule has 0 saturated heterocycles. The molecule has 0 spiro atoms. The normalized spacial score (nSPS) is 13.5. The van der Waals surface area contributed by atoms with E-state index in [0.29, 0.717) is 10.5 Å². The Morgan fingerprint density at radius 3 is 0.968 bits per heavy atom. The molecule has 0 fully saturated rings. The molecule has 0 aromatic rings. The van der Waals surface area contributed by atoms with Gasteiger partial charge < -0.3 is 5.32 Å². The lowest BCUT2D eigenvalue weighted by Crippen LogP contribution is -2.29. The lowest BCUT2D eigenvalue weighted by Gasteiger charge is -2.15. The molecule has 3 heteroatoms. The van der Waals surface area contributed by atoms with Crippen LogP contribution in [0.15, 0.2) is 0 Å². The molecule has 31 heavy (non-hydrogen) atoms. The van der Waals surface area contributed by atoms with E-state index in [1.165, 1.54) is 141 Å². The van der Waals surface area contributed by atoms with Gasteiger partial charge in [-0.2, -0.15) is 25.3 Å². The van der Waals surface area contributed by atoms with Crippen molar-refractivity contribution < 1.29 is 0 Å². The summed E-state index contributed by atoms with van der Waals surface area (Å²) in [5.74, 6) is 0. The van der Waals surface area contributed by atoms with Crippen molar-refractivity contribution in [1.82, 2.24) is 5.32 Å². The van der Waals surface area contributed by atoms with Gasteiger partial charge in [-0.3, -0.25) is 0 Å². The second-order valence-electron chi connectivity index (χ2n) is 9.91. The lowest BCUT2D eigenvalue weighted by molar-refractivity contribution is 0.529. The molecule has 0 aromatic carbocycles. The lowest BCUT2D eigenvalue weighted by atomic mass is 10.0. The van der Waals surface area contributed by atoms with Crippen molar-refractivity contribution in [2.45, 2.75) is 166 Å². The molecule has 2 unspecified atom stereocenters. The van der Waals surface area contributed by atoms with Crippen LogP contribution in [0.2, 0.25) is 0 Å². The third-order valence-electron chi connectivity index (χ3n) is 6.54. The van der Waals surface area contributed by atoms with Gasteiger partial charge in [-0.1, -0.05) is 142 Å². The van der Waals surface area contributed by atoms with Crippen molar-refractivity contribution in [1.29, 1.82) is 0 Å². The van der Waals surface area contributed by atoms with E-state index in [1.807, 2.05) is 0 Å². The summed E-state index contributed by atoms with van der Waals surface area (Å²) in [4.78, 5) is 0. The summed E-state index contributed by atoms with van der Waals surface area (Å²) < 4.78 is 0. The molecule has 0 radical (unpaired) electrons. The highest BCUT2D eigenvalue weighted by atomic mass is 32.1. The summed E-state index contributed by atoms with van der Waals surface area (Å²) in [7, 11) is 0. The molecule has 0 aliphatic carbocycles. The Balaban J connectivity index is 3.28. The number of nitrogens with one attached hydrogen (secondary N) is 1. The maximum atomic E-state index is 4.78. The fourth-order valence-electron chi connectivity index (χ4n) is 4.36. The van der Waals surface area contributed by atoms with Gasteiger partial charge in [-0.05, 0) is 12.8 Å². The average molecular weight is 474 g/mol. The molecule has 0 aromatic heterocycles. The summed E-state index contributed by atoms with van der Waals surface area (Å²) in [6.07, 6.45) is 30.8. The highest BCUT2D eigenvalue weighted by Crippen LogP contribution is 2.15. The summed E-state index contributed by atoms with van der Waals surface area (Å²) in [5, 5.41) is 4.62. The van der Waals surface area contributed by atoms with Gasteiger partial charge in [0.1, 0.15) is 0 Å². The molecule has 2 atom stereocenters. The van der Waals surface area contributed by atoms with Crippen molar-refractivity contribution in [3.63, 3.8) is 0 Å². The SMILES string of the molecule is CCCCCCCCCCCCC(S)CNCC(S)CCCCCCCCCCCC. The Morgan fingerprint density at radius 2 is 0.677 bits per heavy atom. The summed E-state index contributed by atoms with van der Waals surface area (Å²) in [6, 6.07) is 0. The molecule has 0 amide bonds. The Morgan fingerprint density at radius 1 is 0.419 bits per heavy atom. The van der Waals surface area contributed by atoms with Gasteiger partial charge in [0.2, 0.25) is 0 Å². The maximum Gasteiger partial charge on any atom is 0.0142 e. The molecular weight excluding hydrogens is 414 g/mol. The number of hydrogen-bond donors (Lipinski definition) is 3. The van der Waals surface area contributed by atoms with Gasteiger partial charge >= 0.3 is 0 Å². The first kappa shape index (κ1) is 31.7. The van der Waals surface area contributed by atoms with Crippen LogP contribution < -0.4 is 5.32 Å². The highest BCUT2D eigenvalue weighted by molar-refractivity contribution is 7.81. The number of rotatable bonds is 26. The van der Waals surface area contributed by atoms with Gasteiger partial charge in [0, 0.05) is 23.6 Å². The van der Waals surface area contributed by atoms with Crippen LogP contribution in [0.3, 0.4) is 0 Å². The predicted molar refractivity (Wildman–Crippen MR) is 151 cm³/mol. The molecule has 1 nitrogen and oxygen atoms in total. The third-order valence-corrected chi connectivity index (χ3v) is 7.42. The molecule has 188 valence electrons. The molecule has 0 saturated carbocycles. The van der Waals surface area contributed by atoms with E-state index in [0.717, 1.165) is 13.1 Å². The van der Waals surface area contributed by atoms with Crippen LogP contribution in [-0.4, -0.2) is 23.6 Å². The largest absolute Gasteiger partial charge is 0.315 e. The second-order valence-corrected chi connectivity index (χ2v) is 11.4. The fourth-order valence-corrected chi connectivity index (χ4v) is 4.98. The number of hydrogen-bond acceptors (Lipinski definition) is 3. The molecular formula is C28H59NS2. The molecule has 1 N–H and O–H groups in total. The Labute approximate surface area is 208 Å². The summed E-state index contributed by atoms with van der Waals surface area (Å²) >= 11 is 9.56. The fraction of sp³-hybridized carbons (Fsp3) is 1.00. The van der Waals surface area contributed by atoms with Crippen LogP contribution in [0.1, 0.15) is 155 Å². The summed E-state index contributed by atoms with van der Waals surface area (Å²) in [5.41, 5.74) is 0. The highest BCUT2D eigenvalue weighted by Gasteiger charge is 2.06. The summed E-state index contributed by atoms with van der Waals surface area (Å²) in [6.45, 7) is 6.66. The van der Waals surface area contributed by atoms with Crippen molar-refractivity contribution in [3.8, 4) is 0 Å². The third kappa shape index (κ3) is 26.8. The molecule has 0 bridgehead atoms. The van der Waals surface area contributed by atoms with Crippen LogP contribution in [-0.2, 0) is 0 Å². The first-order valence-corrected chi connectivity index (χ1v) is 15.3. The van der Waals surface area contributed by atoms with E-state index in [4.69, 9.17) is 25.3 Å². The van der Waals surface area contributed by atoms with Gasteiger partial charge in [0.05, 0.1) is 0 Å². The number of thiol groups is 2. The Kier molecular flexibility index (Phi) is 27.5. The monoisotopic (exact) mass is 473 g/mol. The van der Waals surface area contributed by atoms with E-state index in [-0.39, 0.29) is 0 Å². The van der Waals surface area contributed by atoms with Crippen molar-refractivity contribution in [2.24, 2.45) is 0 Å². The topological polar surface area (TPSA) is 12.0 Å². The molecule has 0 aliphatic rings. The minimum absolute atomic E-state index is 0.506. The zero-order chi connectivity index (χ0) is 22.8. The maximum absolute atomic E-state index is 4.78. The van der Waals surface area contributed by atoms with E-state index in [2.05, 4.69) is 19.2 Å². The zero-order valence-electron chi connectivity index (χ0n) is 21.5. The van der Waals surface area contributed by atoms with E-state index >= 15 is 0 Å². The van der Waals surface area contributed by atoms with Gasteiger partial charge in [0.15, 0.2) is 0 Å². The van der Waals surface area contributed by atoms with Crippen LogP contribution >= 0.6 is 25.3 Å². The second kappa shape index (κ2) is 26.9. The van der Waals surface area contributed by atoms with E-state index in [9.17, 15) is 0 Å². The van der Waals surface area contributed by atoms with Gasteiger partial charge in [-0.25, -0.2) is 0 Å². The van der Waals surface area contributed by atoms with Crippen molar-refractivity contribution in [2.75, 3.05) is 13.1 Å². The van der Waals surface area contributed by atoms with Crippen molar-refractivity contribution in [3.05, 3.63) is 0 Å². The van der Waals surface area contributed by atoms with Crippen molar-refractivity contribution >= 4 is 25.3 Å². The Hall–Kier alpha value is 0.660. The van der Waals surface area contributed by atoms with Crippen LogP contribution in [0, 0.1) is 0 Å². The minimum Gasteiger partial charge on any atom is -0.315 e. The minimum atomic E-state index is 0.506. The number of unbranched alkanes of at least 4 members (excludes halogenated alkanes) is 18. The molecule has 0 aliphatic heterocycles. The van der Waals surface area contributed by atoms with E-state index in [1.54, 1.807) is 0 Å². The van der Waals surface area contributed by atoms with E-state index < -0.39 is 0 Å². The Bertz CT molecular complexity index is 294. The van der Waals surface area contributed by atoms with Crippen LogP contribution in [0.4, 0.5) is 0 Å². The molecule has 0 heterocycles. The standard InChI is InChI=1S/C28H59NS2/c1-3-5-7-9-11-13-15-17-19-21-23-27(30)25-29-26-28(31)24-22-20-18-16-14-12-10-8-6-4-2/h27-31H,3-26H2,1-2H3. The first-order valence-electron chi connectivity index (χ1n) is 14.3. The quantitative estimate of drug-likeness (QED) is 0.0838. The molecule has 0 rings (SSSR count). The first-order chi connectivity index (χ1) is 15.2. The average Bonchev–Trinajstić information content (AvgIpc) is 2.76. The van der Waals surface area contributed by atoms with Gasteiger partial charge in [0.25, 0.3) is 0 Å². The van der Waals surface area contributed by atoms with Crippen LogP contribution in [0.25, 0.3) is 0 Å². The van der Waals surface area contributed by atoms with Gasteiger partial charge in [-0.15, -0.1) is 0 Å². The smallest absolute Gasteiger partial charge is 0.0142 e. The van der Waals surface area contributed by atoms with Crippen LogP contribution in [0.5, 0.6) is 0 Å².